The summed E-state index contributed by atoms with van der Waals surface area (Å²) in [6.45, 7) is 3.85. The van der Waals surface area contributed by atoms with E-state index >= 15 is 0 Å². The number of esters is 1. The number of rotatable bonds is 6. The quantitative estimate of drug-likeness (QED) is 0.451. The highest BCUT2D eigenvalue weighted by Crippen LogP contribution is 2.37. The molecule has 1 aliphatic heterocycles. The average molecular weight is 322 g/mol. The Balaban J connectivity index is 2.31. The SMILES string of the molecule is CCOC(=O)CCN1C(=O)C(CC)Oc2ccc([N+](=O)[O-])cc21. The van der Waals surface area contributed by atoms with Crippen molar-refractivity contribution in [3.05, 3.63) is 28.3 Å². The zero-order valence-corrected chi connectivity index (χ0v) is 13.0. The van der Waals surface area contributed by atoms with E-state index in [1.54, 1.807) is 6.92 Å². The summed E-state index contributed by atoms with van der Waals surface area (Å²) >= 11 is 0. The van der Waals surface area contributed by atoms with E-state index in [2.05, 4.69) is 0 Å². The van der Waals surface area contributed by atoms with E-state index in [1.807, 2.05) is 6.92 Å². The van der Waals surface area contributed by atoms with Crippen molar-refractivity contribution >= 4 is 23.3 Å². The summed E-state index contributed by atoms with van der Waals surface area (Å²) in [6, 6.07) is 4.08. The summed E-state index contributed by atoms with van der Waals surface area (Å²) < 4.78 is 10.4. The second-order valence-electron chi connectivity index (χ2n) is 4.97. The molecule has 0 bridgehead atoms. The molecule has 0 radical (unpaired) electrons. The molecule has 8 heteroatoms. The van der Waals surface area contributed by atoms with Gasteiger partial charge in [0.15, 0.2) is 6.10 Å². The molecule has 1 atom stereocenters. The molecular weight excluding hydrogens is 304 g/mol. The van der Waals surface area contributed by atoms with Crippen LogP contribution in [-0.4, -0.2) is 36.1 Å². The summed E-state index contributed by atoms with van der Waals surface area (Å²) in [5.74, 6) is -0.345. The van der Waals surface area contributed by atoms with Gasteiger partial charge in [0.2, 0.25) is 0 Å². The second kappa shape index (κ2) is 7.08. The average Bonchev–Trinajstić information content (AvgIpc) is 2.53. The van der Waals surface area contributed by atoms with Crippen molar-refractivity contribution < 1.29 is 24.0 Å². The van der Waals surface area contributed by atoms with Crippen molar-refractivity contribution in [3.63, 3.8) is 0 Å². The van der Waals surface area contributed by atoms with E-state index in [9.17, 15) is 19.7 Å². The predicted octanol–water partition coefficient (Wildman–Crippen LogP) is 2.05. The normalized spacial score (nSPS) is 16.5. The Bertz CT molecular complexity index is 630. The number of amides is 1. The summed E-state index contributed by atoms with van der Waals surface area (Å²) in [7, 11) is 0. The van der Waals surface area contributed by atoms with E-state index < -0.39 is 17.0 Å². The van der Waals surface area contributed by atoms with Crippen LogP contribution in [0.2, 0.25) is 0 Å². The minimum atomic E-state index is -0.661. The Morgan fingerprint density at radius 2 is 2.17 bits per heavy atom. The highest BCUT2D eigenvalue weighted by atomic mass is 16.6. The van der Waals surface area contributed by atoms with Crippen LogP contribution in [-0.2, 0) is 14.3 Å². The lowest BCUT2D eigenvalue weighted by Crippen LogP contribution is -2.46. The highest BCUT2D eigenvalue weighted by Gasteiger charge is 2.34. The zero-order chi connectivity index (χ0) is 17.0. The van der Waals surface area contributed by atoms with Crippen LogP contribution in [0.1, 0.15) is 26.7 Å². The van der Waals surface area contributed by atoms with Crippen molar-refractivity contribution in [2.45, 2.75) is 32.8 Å². The Hall–Kier alpha value is -2.64. The smallest absolute Gasteiger partial charge is 0.307 e. The lowest BCUT2D eigenvalue weighted by Gasteiger charge is -2.33. The van der Waals surface area contributed by atoms with Gasteiger partial charge >= 0.3 is 5.97 Å². The first-order valence-corrected chi connectivity index (χ1v) is 7.40. The monoisotopic (exact) mass is 322 g/mol. The number of hydrogen-bond donors (Lipinski definition) is 0. The predicted molar refractivity (Wildman–Crippen MR) is 81.4 cm³/mol. The fourth-order valence-corrected chi connectivity index (χ4v) is 2.35. The first-order chi connectivity index (χ1) is 11.0. The summed E-state index contributed by atoms with van der Waals surface area (Å²) in [5, 5.41) is 10.9. The van der Waals surface area contributed by atoms with Crippen LogP contribution < -0.4 is 9.64 Å². The fraction of sp³-hybridized carbons (Fsp3) is 0.467. The van der Waals surface area contributed by atoms with Crippen molar-refractivity contribution in [2.75, 3.05) is 18.1 Å². The molecule has 0 saturated carbocycles. The number of hydrogen-bond acceptors (Lipinski definition) is 6. The minimum absolute atomic E-state index is 0.0120. The van der Waals surface area contributed by atoms with Crippen LogP contribution in [0.25, 0.3) is 0 Å². The van der Waals surface area contributed by atoms with E-state index in [-0.39, 0.29) is 31.2 Å². The first kappa shape index (κ1) is 16.7. The van der Waals surface area contributed by atoms with Gasteiger partial charge in [-0.15, -0.1) is 0 Å². The lowest BCUT2D eigenvalue weighted by molar-refractivity contribution is -0.384. The van der Waals surface area contributed by atoms with Crippen LogP contribution in [0.5, 0.6) is 5.75 Å². The molecule has 1 aliphatic rings. The van der Waals surface area contributed by atoms with Crippen LogP contribution in [0.15, 0.2) is 18.2 Å². The Morgan fingerprint density at radius 3 is 2.78 bits per heavy atom. The van der Waals surface area contributed by atoms with E-state index in [0.717, 1.165) is 0 Å². The number of carbonyl (C=O) groups excluding carboxylic acids is 2. The Kier molecular flexibility index (Phi) is 5.15. The molecule has 1 aromatic rings. The maximum Gasteiger partial charge on any atom is 0.307 e. The van der Waals surface area contributed by atoms with Crippen molar-refractivity contribution in [3.8, 4) is 5.75 Å². The molecule has 0 fully saturated rings. The minimum Gasteiger partial charge on any atom is -0.478 e. The van der Waals surface area contributed by atoms with Gasteiger partial charge in [0.1, 0.15) is 5.75 Å². The molecule has 0 saturated heterocycles. The van der Waals surface area contributed by atoms with E-state index in [0.29, 0.717) is 17.9 Å². The third-order valence-corrected chi connectivity index (χ3v) is 3.47. The van der Waals surface area contributed by atoms with Crippen LogP contribution >= 0.6 is 0 Å². The molecule has 8 nitrogen and oxygen atoms in total. The number of non-ortho nitro benzene ring substituents is 1. The molecule has 1 aromatic carbocycles. The summed E-state index contributed by atoms with van der Waals surface area (Å²) in [5.41, 5.74) is 0.162. The third-order valence-electron chi connectivity index (χ3n) is 3.47. The first-order valence-electron chi connectivity index (χ1n) is 7.40. The number of carbonyl (C=O) groups is 2. The summed E-state index contributed by atoms with van der Waals surface area (Å²) in [4.78, 5) is 35.7. The van der Waals surface area contributed by atoms with Crippen molar-refractivity contribution in [1.29, 1.82) is 0 Å². The summed E-state index contributed by atoms with van der Waals surface area (Å²) in [6.07, 6.45) is -0.185. The number of nitro benzene ring substituents is 1. The number of nitro groups is 1. The van der Waals surface area contributed by atoms with E-state index in [4.69, 9.17) is 9.47 Å². The second-order valence-corrected chi connectivity index (χ2v) is 4.97. The Labute approximate surface area is 133 Å². The van der Waals surface area contributed by atoms with Gasteiger partial charge in [0.25, 0.3) is 11.6 Å². The molecule has 0 aromatic heterocycles. The van der Waals surface area contributed by atoms with Crippen LogP contribution in [0.4, 0.5) is 11.4 Å². The van der Waals surface area contributed by atoms with Gasteiger partial charge in [-0.25, -0.2) is 0 Å². The number of nitrogens with zero attached hydrogens (tertiary/aromatic N) is 2. The molecular formula is C15H18N2O6. The van der Waals surface area contributed by atoms with Gasteiger partial charge in [0.05, 0.1) is 23.6 Å². The van der Waals surface area contributed by atoms with Gasteiger partial charge < -0.3 is 14.4 Å². The van der Waals surface area contributed by atoms with Crippen molar-refractivity contribution in [1.82, 2.24) is 0 Å². The Morgan fingerprint density at radius 1 is 1.43 bits per heavy atom. The highest BCUT2D eigenvalue weighted by molar-refractivity contribution is 6.00. The maximum atomic E-state index is 12.4. The topological polar surface area (TPSA) is 99.0 Å². The van der Waals surface area contributed by atoms with Gasteiger partial charge in [-0.3, -0.25) is 19.7 Å². The number of benzene rings is 1. The van der Waals surface area contributed by atoms with Crippen LogP contribution in [0, 0.1) is 10.1 Å². The largest absolute Gasteiger partial charge is 0.478 e. The molecule has 2 rings (SSSR count). The molecule has 1 amide bonds. The molecule has 0 aliphatic carbocycles. The molecule has 1 heterocycles. The van der Waals surface area contributed by atoms with Crippen LogP contribution in [0.3, 0.4) is 0 Å². The molecule has 124 valence electrons. The number of ether oxygens (including phenoxy) is 2. The van der Waals surface area contributed by atoms with Gasteiger partial charge in [0, 0.05) is 18.7 Å². The van der Waals surface area contributed by atoms with Gasteiger partial charge in [-0.1, -0.05) is 6.92 Å². The zero-order valence-electron chi connectivity index (χ0n) is 13.0. The lowest BCUT2D eigenvalue weighted by atomic mass is 10.1. The molecule has 0 spiro atoms. The van der Waals surface area contributed by atoms with Gasteiger partial charge in [-0.2, -0.15) is 0 Å². The standard InChI is InChI=1S/C15H18N2O6/c1-3-12-15(19)16(8-7-14(18)22-4-2)11-9-10(17(20)21)5-6-13(11)23-12/h5-6,9,12H,3-4,7-8H2,1-2H3. The molecule has 23 heavy (non-hydrogen) atoms. The maximum absolute atomic E-state index is 12.4. The number of fused-ring (bicyclic) bond motifs is 1. The van der Waals surface area contributed by atoms with E-state index in [1.165, 1.54) is 23.1 Å². The fourth-order valence-electron chi connectivity index (χ4n) is 2.35. The van der Waals surface area contributed by atoms with Gasteiger partial charge in [-0.05, 0) is 19.4 Å². The molecule has 0 N–H and O–H groups in total. The van der Waals surface area contributed by atoms with Crippen molar-refractivity contribution in [2.24, 2.45) is 0 Å². The molecule has 1 unspecified atom stereocenters. The third kappa shape index (κ3) is 3.58. The number of anilines is 1.